The van der Waals surface area contributed by atoms with Gasteiger partial charge in [-0.1, -0.05) is 24.3 Å². The van der Waals surface area contributed by atoms with E-state index in [1.165, 1.54) is 0 Å². The molecule has 0 atom stereocenters. The van der Waals surface area contributed by atoms with Crippen molar-refractivity contribution in [2.45, 2.75) is 19.3 Å². The molecule has 7 heavy (non-hydrogen) atoms. The van der Waals surface area contributed by atoms with Crippen molar-refractivity contribution in [3.8, 4) is 0 Å². The molecule has 1 aliphatic rings. The van der Waals surface area contributed by atoms with E-state index in [0.29, 0.717) is 0 Å². The first-order valence-electron chi connectivity index (χ1n) is 3.56. The molecule has 0 bridgehead atoms. The molecule has 0 heterocycles. The van der Waals surface area contributed by atoms with E-state index < -0.39 is 0 Å². The highest BCUT2D eigenvalue weighted by atomic mass is 14.1. The zero-order valence-corrected chi connectivity index (χ0v) is 4.33. The van der Waals surface area contributed by atoms with Gasteiger partial charge in [0.05, 0.1) is 2.74 Å². The maximum atomic E-state index is 6.99. The van der Waals surface area contributed by atoms with E-state index in [0.717, 1.165) is 30.4 Å². The molecule has 0 aromatic carbocycles. The Morgan fingerprint density at radius 2 is 2.14 bits per heavy atom. The average Bonchev–Trinajstić information content (AvgIpc) is 2.13. The molecule has 0 aromatic heterocycles. The lowest BCUT2D eigenvalue weighted by Crippen LogP contribution is -1.67. The highest BCUT2D eigenvalue weighted by Crippen LogP contribution is 2.26. The van der Waals surface area contributed by atoms with Crippen LogP contribution in [0.1, 0.15) is 22.0 Å². The Morgan fingerprint density at radius 3 is 2.43 bits per heavy atom. The molecular formula is C7H10. The second-order valence-corrected chi connectivity index (χ2v) is 1.94. The first-order valence-corrected chi connectivity index (χ1v) is 2.56. The smallest absolute Gasteiger partial charge is 0.0541 e. The van der Waals surface area contributed by atoms with Gasteiger partial charge < -0.3 is 0 Å². The number of hydrogen-bond acceptors (Lipinski definition) is 0. The summed E-state index contributed by atoms with van der Waals surface area (Å²) < 4.78 is 14.0. The lowest BCUT2D eigenvalue weighted by atomic mass is 10.2. The molecule has 0 nitrogen and oxygen atoms in total. The molecule has 38 valence electrons. The summed E-state index contributed by atoms with van der Waals surface area (Å²) in [5, 5.41) is 0. The molecule has 1 rings (SSSR count). The Labute approximate surface area is 47.4 Å². The van der Waals surface area contributed by atoms with Gasteiger partial charge in [0.1, 0.15) is 0 Å². The minimum atomic E-state index is -0.0440. The SMILES string of the molecule is [2H]C([2H])=C1CCCC1=C. The largest absolute Gasteiger partial charge is 0.0956 e. The highest BCUT2D eigenvalue weighted by Gasteiger charge is 2.06. The Kier molecular flexibility index (Phi) is 0.591. The van der Waals surface area contributed by atoms with Crippen LogP contribution in [0.15, 0.2) is 24.3 Å². The highest BCUT2D eigenvalue weighted by molar-refractivity contribution is 5.28. The fourth-order valence-corrected chi connectivity index (χ4v) is 0.806. The maximum Gasteiger partial charge on any atom is 0.0541 e. The second-order valence-electron chi connectivity index (χ2n) is 1.94. The molecule has 0 aromatic rings. The molecular weight excluding hydrogens is 84.1 g/mol. The molecule has 1 aliphatic carbocycles. The van der Waals surface area contributed by atoms with Gasteiger partial charge in [-0.05, 0) is 19.3 Å². The Morgan fingerprint density at radius 1 is 1.43 bits per heavy atom. The van der Waals surface area contributed by atoms with Crippen LogP contribution in [0.3, 0.4) is 0 Å². The first kappa shape index (κ1) is 2.71. The van der Waals surface area contributed by atoms with Crippen molar-refractivity contribution in [1.29, 1.82) is 0 Å². The van der Waals surface area contributed by atoms with Gasteiger partial charge in [0.25, 0.3) is 0 Å². The summed E-state index contributed by atoms with van der Waals surface area (Å²) in [6.07, 6.45) is 2.95. The molecule has 0 heteroatoms. The van der Waals surface area contributed by atoms with Crippen molar-refractivity contribution >= 4 is 0 Å². The van der Waals surface area contributed by atoms with Crippen molar-refractivity contribution in [2.75, 3.05) is 0 Å². The normalized spacial score (nSPS) is 24.6. The zero-order chi connectivity index (χ0) is 6.85. The van der Waals surface area contributed by atoms with Gasteiger partial charge >= 0.3 is 0 Å². The number of allylic oxidation sites excluding steroid dienone is 2. The van der Waals surface area contributed by atoms with E-state index in [2.05, 4.69) is 6.58 Å². The summed E-state index contributed by atoms with van der Waals surface area (Å²) in [7, 11) is 0. The van der Waals surface area contributed by atoms with Crippen LogP contribution < -0.4 is 0 Å². The van der Waals surface area contributed by atoms with Crippen molar-refractivity contribution < 1.29 is 2.74 Å². The molecule has 0 spiro atoms. The molecule has 0 N–H and O–H groups in total. The summed E-state index contributed by atoms with van der Waals surface area (Å²) >= 11 is 0. The third kappa shape index (κ3) is 0.738. The molecule has 0 saturated heterocycles. The van der Waals surface area contributed by atoms with E-state index in [4.69, 9.17) is 2.74 Å². The minimum Gasteiger partial charge on any atom is -0.0956 e. The molecule has 0 radical (unpaired) electrons. The Bertz CT molecular complexity index is 164. The van der Waals surface area contributed by atoms with Crippen LogP contribution in [-0.2, 0) is 0 Å². The van der Waals surface area contributed by atoms with E-state index in [1.54, 1.807) is 0 Å². The quantitative estimate of drug-likeness (QED) is 0.434. The van der Waals surface area contributed by atoms with Crippen molar-refractivity contribution in [2.24, 2.45) is 0 Å². The van der Waals surface area contributed by atoms with Crippen LogP contribution in [0, 0.1) is 0 Å². The van der Waals surface area contributed by atoms with Crippen LogP contribution >= 0.6 is 0 Å². The van der Waals surface area contributed by atoms with E-state index in [9.17, 15) is 0 Å². The van der Waals surface area contributed by atoms with Gasteiger partial charge in [0, 0.05) is 0 Å². The predicted molar refractivity (Wildman–Crippen MR) is 32.1 cm³/mol. The molecule has 0 unspecified atom stereocenters. The van der Waals surface area contributed by atoms with Crippen LogP contribution in [0.5, 0.6) is 0 Å². The molecule has 1 saturated carbocycles. The third-order valence-corrected chi connectivity index (χ3v) is 1.33. The average molecular weight is 96.2 g/mol. The molecule has 0 aliphatic heterocycles. The van der Waals surface area contributed by atoms with Crippen LogP contribution in [0.4, 0.5) is 0 Å². The van der Waals surface area contributed by atoms with Crippen LogP contribution in [0.2, 0.25) is 0 Å². The summed E-state index contributed by atoms with van der Waals surface area (Å²) in [6.45, 7) is 3.72. The topological polar surface area (TPSA) is 0 Å². The summed E-state index contributed by atoms with van der Waals surface area (Å²) in [6, 6.07) is 0. The monoisotopic (exact) mass is 96.1 g/mol. The summed E-state index contributed by atoms with van der Waals surface area (Å²) in [4.78, 5) is 0. The van der Waals surface area contributed by atoms with Gasteiger partial charge in [0.2, 0.25) is 0 Å². The zero-order valence-electron chi connectivity index (χ0n) is 6.33. The van der Waals surface area contributed by atoms with Gasteiger partial charge in [-0.15, -0.1) is 0 Å². The van der Waals surface area contributed by atoms with Gasteiger partial charge in [-0.25, -0.2) is 0 Å². The first-order chi connectivity index (χ1) is 4.22. The fourth-order valence-electron chi connectivity index (χ4n) is 0.806. The van der Waals surface area contributed by atoms with Crippen molar-refractivity contribution in [1.82, 2.24) is 0 Å². The van der Waals surface area contributed by atoms with E-state index in [1.807, 2.05) is 0 Å². The second kappa shape index (κ2) is 1.53. The van der Waals surface area contributed by atoms with Crippen LogP contribution in [-0.4, -0.2) is 0 Å². The maximum absolute atomic E-state index is 6.99. The summed E-state index contributed by atoms with van der Waals surface area (Å²) in [5.74, 6) is 0. The standard InChI is InChI=1S/C7H10/c1-6-4-3-5-7(6)2/h1-5H2/i1D2. The Hall–Kier alpha value is -0.520. The van der Waals surface area contributed by atoms with Crippen LogP contribution in [0.25, 0.3) is 0 Å². The molecule has 0 amide bonds. The lowest BCUT2D eigenvalue weighted by molar-refractivity contribution is 0.934. The predicted octanol–water partition coefficient (Wildman–Crippen LogP) is 2.28. The van der Waals surface area contributed by atoms with Gasteiger partial charge in [-0.2, -0.15) is 0 Å². The molecule has 1 fully saturated rings. The third-order valence-electron chi connectivity index (χ3n) is 1.33. The number of rotatable bonds is 0. The van der Waals surface area contributed by atoms with E-state index >= 15 is 0 Å². The number of hydrogen-bond donors (Lipinski definition) is 0. The van der Waals surface area contributed by atoms with Crippen molar-refractivity contribution in [3.63, 3.8) is 0 Å². The Balaban J connectivity index is 2.83. The lowest BCUT2D eigenvalue weighted by Gasteiger charge is -1.87. The summed E-state index contributed by atoms with van der Waals surface area (Å²) in [5.41, 5.74) is 1.85. The van der Waals surface area contributed by atoms with Gasteiger partial charge in [0.15, 0.2) is 0 Å². The fraction of sp³-hybridized carbons (Fsp3) is 0.429. The van der Waals surface area contributed by atoms with Gasteiger partial charge in [-0.3, -0.25) is 0 Å². The minimum absolute atomic E-state index is 0.0440. The van der Waals surface area contributed by atoms with Crippen molar-refractivity contribution in [3.05, 3.63) is 24.3 Å². The van der Waals surface area contributed by atoms with E-state index in [-0.39, 0.29) is 6.53 Å².